The lowest BCUT2D eigenvalue weighted by Crippen LogP contribution is -1.95. The number of benzene rings is 1. The van der Waals surface area contributed by atoms with Gasteiger partial charge < -0.3 is 4.74 Å². The molecular weight excluding hydrogens is 444 g/mol. The Labute approximate surface area is 136 Å². The van der Waals surface area contributed by atoms with Gasteiger partial charge in [-0.2, -0.15) is 0 Å². The molecule has 5 heteroatoms. The molecule has 0 aliphatic rings. The van der Waals surface area contributed by atoms with Crippen molar-refractivity contribution in [3.8, 4) is 5.75 Å². The van der Waals surface area contributed by atoms with Crippen LogP contribution in [0.2, 0.25) is 0 Å². The second-order valence-corrected chi connectivity index (χ2v) is 7.89. The van der Waals surface area contributed by atoms with Crippen molar-refractivity contribution in [2.75, 3.05) is 6.61 Å². The van der Waals surface area contributed by atoms with Crippen molar-refractivity contribution >= 4 is 59.1 Å². The van der Waals surface area contributed by atoms with Gasteiger partial charge in [0, 0.05) is 9.35 Å². The van der Waals surface area contributed by atoms with Gasteiger partial charge in [0.2, 0.25) is 0 Å². The molecule has 0 amide bonds. The third-order valence-electron chi connectivity index (χ3n) is 2.40. The van der Waals surface area contributed by atoms with E-state index in [9.17, 15) is 0 Å². The van der Waals surface area contributed by atoms with Crippen LogP contribution in [-0.2, 0) is 0 Å². The van der Waals surface area contributed by atoms with Crippen molar-refractivity contribution in [3.05, 3.63) is 49.0 Å². The largest absolute Gasteiger partial charge is 0.494 e. The minimum Gasteiger partial charge on any atom is -0.494 e. The number of ether oxygens (including phenoxy) is 1. The molecule has 1 nitrogen and oxygen atoms in total. The Morgan fingerprint density at radius 3 is 2.56 bits per heavy atom. The minimum atomic E-state index is 0.193. The topological polar surface area (TPSA) is 9.23 Å². The molecule has 2 aromatic rings. The summed E-state index contributed by atoms with van der Waals surface area (Å²) in [7, 11) is 0. The zero-order chi connectivity index (χ0) is 13.1. The number of rotatable bonds is 4. The number of halogens is 3. The molecule has 0 fully saturated rings. The molecule has 0 N–H and O–H groups in total. The Morgan fingerprint density at radius 2 is 2.00 bits per heavy atom. The van der Waals surface area contributed by atoms with Gasteiger partial charge in [0.25, 0.3) is 0 Å². The fourth-order valence-corrected chi connectivity index (χ4v) is 4.73. The van der Waals surface area contributed by atoms with E-state index >= 15 is 0 Å². The maximum atomic E-state index is 5.48. The Balaban J connectivity index is 2.28. The van der Waals surface area contributed by atoms with Crippen LogP contribution in [0.5, 0.6) is 5.75 Å². The van der Waals surface area contributed by atoms with Crippen molar-refractivity contribution in [2.24, 2.45) is 0 Å². The summed E-state index contributed by atoms with van der Waals surface area (Å²) in [6.07, 6.45) is 0. The van der Waals surface area contributed by atoms with Gasteiger partial charge in [0.1, 0.15) is 5.75 Å². The molecule has 18 heavy (non-hydrogen) atoms. The first-order valence-corrected chi connectivity index (χ1v) is 8.75. The van der Waals surface area contributed by atoms with E-state index in [1.807, 2.05) is 19.1 Å². The van der Waals surface area contributed by atoms with Crippen LogP contribution in [0.1, 0.15) is 22.2 Å². The molecule has 0 radical (unpaired) electrons. The molecule has 0 spiro atoms. The molecule has 0 aliphatic carbocycles. The lowest BCUT2D eigenvalue weighted by Gasteiger charge is -2.12. The zero-order valence-electron chi connectivity index (χ0n) is 9.62. The SMILES string of the molecule is CCOc1ccc(C(Br)c2ccc(Br)s2)c(Br)c1. The zero-order valence-corrected chi connectivity index (χ0v) is 15.2. The van der Waals surface area contributed by atoms with Crippen molar-refractivity contribution in [1.29, 1.82) is 0 Å². The van der Waals surface area contributed by atoms with Crippen molar-refractivity contribution in [2.45, 2.75) is 11.8 Å². The van der Waals surface area contributed by atoms with Crippen LogP contribution in [0.4, 0.5) is 0 Å². The second kappa shape index (κ2) is 6.55. The summed E-state index contributed by atoms with van der Waals surface area (Å²) < 4.78 is 7.68. The van der Waals surface area contributed by atoms with E-state index in [0.29, 0.717) is 6.61 Å². The Morgan fingerprint density at radius 1 is 1.22 bits per heavy atom. The number of hydrogen-bond acceptors (Lipinski definition) is 2. The van der Waals surface area contributed by atoms with Crippen LogP contribution in [0.15, 0.2) is 38.6 Å². The molecule has 0 saturated heterocycles. The Bertz CT molecular complexity index is 539. The second-order valence-electron chi connectivity index (χ2n) is 3.62. The minimum absolute atomic E-state index is 0.193. The van der Waals surface area contributed by atoms with E-state index in [1.165, 1.54) is 10.4 Å². The normalized spacial score (nSPS) is 12.4. The van der Waals surface area contributed by atoms with Gasteiger partial charge in [-0.05, 0) is 52.7 Å². The summed E-state index contributed by atoms with van der Waals surface area (Å²) in [6, 6.07) is 10.3. The molecule has 0 saturated carbocycles. The number of hydrogen-bond donors (Lipinski definition) is 0. The summed E-state index contributed by atoms with van der Waals surface area (Å²) in [5.74, 6) is 0.889. The van der Waals surface area contributed by atoms with Gasteiger partial charge in [0.05, 0.1) is 15.2 Å². The first-order valence-electron chi connectivity index (χ1n) is 5.43. The van der Waals surface area contributed by atoms with Gasteiger partial charge in [-0.1, -0.05) is 37.9 Å². The quantitative estimate of drug-likeness (QED) is 0.503. The summed E-state index contributed by atoms with van der Waals surface area (Å²) in [5.41, 5.74) is 1.20. The molecule has 1 heterocycles. The maximum absolute atomic E-state index is 5.48. The third kappa shape index (κ3) is 3.38. The fraction of sp³-hybridized carbons (Fsp3) is 0.231. The Kier molecular flexibility index (Phi) is 5.30. The van der Waals surface area contributed by atoms with E-state index in [-0.39, 0.29) is 4.83 Å². The van der Waals surface area contributed by atoms with Gasteiger partial charge in [0.15, 0.2) is 0 Å². The summed E-state index contributed by atoms with van der Waals surface area (Å²) in [4.78, 5) is 1.46. The standard InChI is InChI=1S/C13H11Br3OS/c1-2-17-8-3-4-9(10(14)7-8)13(16)11-5-6-12(15)18-11/h3-7,13H,2H2,1H3. The monoisotopic (exact) mass is 452 g/mol. The number of thiophene rings is 1. The predicted molar refractivity (Wildman–Crippen MR) is 88.1 cm³/mol. The smallest absolute Gasteiger partial charge is 0.120 e. The summed E-state index contributed by atoms with van der Waals surface area (Å²) in [6.45, 7) is 2.67. The van der Waals surface area contributed by atoms with Gasteiger partial charge in [-0.3, -0.25) is 0 Å². The molecule has 1 unspecified atom stereocenters. The van der Waals surface area contributed by atoms with Crippen molar-refractivity contribution < 1.29 is 4.74 Å². The van der Waals surface area contributed by atoms with Gasteiger partial charge in [-0.25, -0.2) is 0 Å². The van der Waals surface area contributed by atoms with Crippen LogP contribution >= 0.6 is 59.1 Å². The maximum Gasteiger partial charge on any atom is 0.120 e. The van der Waals surface area contributed by atoms with E-state index in [0.717, 1.165) is 14.0 Å². The number of alkyl halides is 1. The first-order chi connectivity index (χ1) is 8.61. The van der Waals surface area contributed by atoms with Crippen LogP contribution < -0.4 is 4.74 Å². The van der Waals surface area contributed by atoms with Crippen LogP contribution in [0.3, 0.4) is 0 Å². The van der Waals surface area contributed by atoms with E-state index in [1.54, 1.807) is 11.3 Å². The summed E-state index contributed by atoms with van der Waals surface area (Å²) >= 11 is 12.6. The average Bonchev–Trinajstić information content (AvgIpc) is 2.76. The lowest BCUT2D eigenvalue weighted by atomic mass is 10.1. The lowest BCUT2D eigenvalue weighted by molar-refractivity contribution is 0.340. The van der Waals surface area contributed by atoms with Crippen LogP contribution in [-0.4, -0.2) is 6.61 Å². The molecule has 1 atom stereocenters. The molecule has 0 bridgehead atoms. The highest BCUT2D eigenvalue weighted by Crippen LogP contribution is 2.40. The molecular formula is C13H11Br3OS. The Hall–Kier alpha value is 0.160. The molecule has 96 valence electrons. The fourth-order valence-electron chi connectivity index (χ4n) is 1.59. The van der Waals surface area contributed by atoms with E-state index in [2.05, 4.69) is 66.0 Å². The molecule has 1 aromatic carbocycles. The summed E-state index contributed by atoms with van der Waals surface area (Å²) in [5, 5.41) is 0. The van der Waals surface area contributed by atoms with Crippen molar-refractivity contribution in [1.82, 2.24) is 0 Å². The van der Waals surface area contributed by atoms with Crippen LogP contribution in [0.25, 0.3) is 0 Å². The molecule has 1 aromatic heterocycles. The highest BCUT2D eigenvalue weighted by molar-refractivity contribution is 9.11. The van der Waals surface area contributed by atoms with Gasteiger partial charge in [-0.15, -0.1) is 11.3 Å². The average molecular weight is 455 g/mol. The van der Waals surface area contributed by atoms with E-state index < -0.39 is 0 Å². The van der Waals surface area contributed by atoms with Gasteiger partial charge >= 0.3 is 0 Å². The molecule has 0 aliphatic heterocycles. The highest BCUT2D eigenvalue weighted by atomic mass is 79.9. The van der Waals surface area contributed by atoms with Crippen LogP contribution in [0, 0.1) is 0 Å². The molecule has 2 rings (SSSR count). The third-order valence-corrected chi connectivity index (χ3v) is 6.06. The van der Waals surface area contributed by atoms with Crippen molar-refractivity contribution in [3.63, 3.8) is 0 Å². The van der Waals surface area contributed by atoms with E-state index in [4.69, 9.17) is 4.74 Å². The highest BCUT2D eigenvalue weighted by Gasteiger charge is 2.15. The first kappa shape index (κ1) is 14.6. The predicted octanol–water partition coefficient (Wildman–Crippen LogP) is 6.16.